The lowest BCUT2D eigenvalue weighted by molar-refractivity contribution is -0.129. The second-order valence-corrected chi connectivity index (χ2v) is 5.10. The first-order valence-corrected chi connectivity index (χ1v) is 6.18. The predicted molar refractivity (Wildman–Crippen MR) is 65.6 cm³/mol. The highest BCUT2D eigenvalue weighted by Gasteiger charge is 2.30. The number of furan rings is 1. The van der Waals surface area contributed by atoms with Crippen LogP contribution in [0.5, 0.6) is 0 Å². The van der Waals surface area contributed by atoms with Crippen molar-refractivity contribution >= 4 is 18.5 Å². The van der Waals surface area contributed by atoms with E-state index >= 15 is 0 Å². The van der Waals surface area contributed by atoms with Crippen molar-refractivity contribution in [2.24, 2.45) is 0 Å². The van der Waals surface area contributed by atoms with Crippen LogP contribution in [-0.4, -0.2) is 28.6 Å². The molecule has 0 spiro atoms. The highest BCUT2D eigenvalue weighted by atomic mass is 32.1. The molecule has 0 aromatic carbocycles. The number of carbonyl (C=O) groups is 1. The molecule has 1 aromatic heterocycles. The molecule has 0 aliphatic carbocycles. The first-order valence-electron chi connectivity index (χ1n) is 5.66. The lowest BCUT2D eigenvalue weighted by Crippen LogP contribution is -2.34. The Balaban J connectivity index is 1.84. The molecular formula is C12H17NO2S. The lowest BCUT2D eigenvalue weighted by atomic mass is 10.1. The minimum Gasteiger partial charge on any atom is -0.469 e. The van der Waals surface area contributed by atoms with Crippen molar-refractivity contribution in [3.05, 3.63) is 24.2 Å². The topological polar surface area (TPSA) is 33.5 Å². The normalized spacial score (nSPS) is 22.8. The second kappa shape index (κ2) is 4.95. The quantitative estimate of drug-likeness (QED) is 0.817. The van der Waals surface area contributed by atoms with Crippen LogP contribution >= 0.6 is 12.6 Å². The molecule has 0 radical (unpaired) electrons. The van der Waals surface area contributed by atoms with E-state index in [0.717, 1.165) is 25.1 Å². The van der Waals surface area contributed by atoms with Gasteiger partial charge in [0.05, 0.1) is 6.26 Å². The van der Waals surface area contributed by atoms with Crippen LogP contribution in [0.15, 0.2) is 22.8 Å². The molecule has 1 amide bonds. The zero-order valence-electron chi connectivity index (χ0n) is 9.43. The number of nitrogens with zero attached hydrogens (tertiary/aromatic N) is 1. The van der Waals surface area contributed by atoms with Gasteiger partial charge in [-0.05, 0) is 25.5 Å². The van der Waals surface area contributed by atoms with Gasteiger partial charge in [-0.15, -0.1) is 0 Å². The van der Waals surface area contributed by atoms with Crippen molar-refractivity contribution in [1.29, 1.82) is 0 Å². The monoisotopic (exact) mass is 239 g/mol. The Morgan fingerprint density at radius 1 is 1.69 bits per heavy atom. The third-order valence-electron chi connectivity index (χ3n) is 3.06. The molecule has 0 saturated carbocycles. The molecule has 88 valence electrons. The fraction of sp³-hybridized carbons (Fsp3) is 0.583. The summed E-state index contributed by atoms with van der Waals surface area (Å²) in [5.41, 5.74) is 0. The molecule has 1 fully saturated rings. The number of carbonyl (C=O) groups excluding carboxylic acids is 1. The molecule has 0 bridgehead atoms. The molecule has 2 heterocycles. The Bertz CT molecular complexity index is 350. The Morgan fingerprint density at radius 2 is 2.50 bits per heavy atom. The molecule has 1 aliphatic rings. The number of rotatable bonds is 4. The third-order valence-corrected chi connectivity index (χ3v) is 3.40. The molecule has 3 nitrogen and oxygen atoms in total. The molecule has 1 aromatic rings. The maximum Gasteiger partial charge on any atom is 0.224 e. The van der Waals surface area contributed by atoms with Crippen molar-refractivity contribution in [2.45, 2.75) is 37.5 Å². The van der Waals surface area contributed by atoms with Gasteiger partial charge in [0, 0.05) is 30.7 Å². The fourth-order valence-corrected chi connectivity index (χ4v) is 2.43. The van der Waals surface area contributed by atoms with E-state index in [0.29, 0.717) is 6.42 Å². The SMILES string of the molecule is CC(CCc1ccco1)N1CC(S)CC1=O. The number of aryl methyl sites for hydroxylation is 1. The fourth-order valence-electron chi connectivity index (χ4n) is 2.10. The van der Waals surface area contributed by atoms with E-state index in [4.69, 9.17) is 4.42 Å². The molecule has 2 unspecified atom stereocenters. The van der Waals surface area contributed by atoms with Gasteiger partial charge in [0.25, 0.3) is 0 Å². The summed E-state index contributed by atoms with van der Waals surface area (Å²) in [7, 11) is 0. The first-order chi connectivity index (χ1) is 7.66. The van der Waals surface area contributed by atoms with E-state index in [9.17, 15) is 4.79 Å². The summed E-state index contributed by atoms with van der Waals surface area (Å²) >= 11 is 4.35. The summed E-state index contributed by atoms with van der Waals surface area (Å²) in [5, 5.41) is 0.207. The third kappa shape index (κ3) is 2.61. The van der Waals surface area contributed by atoms with Crippen LogP contribution in [0, 0.1) is 0 Å². The van der Waals surface area contributed by atoms with Gasteiger partial charge in [-0.3, -0.25) is 4.79 Å². The van der Waals surface area contributed by atoms with Crippen LogP contribution in [0.25, 0.3) is 0 Å². The number of likely N-dealkylation sites (tertiary alicyclic amines) is 1. The minimum absolute atomic E-state index is 0.207. The van der Waals surface area contributed by atoms with E-state index < -0.39 is 0 Å². The van der Waals surface area contributed by atoms with Crippen LogP contribution in [0.1, 0.15) is 25.5 Å². The highest BCUT2D eigenvalue weighted by Crippen LogP contribution is 2.20. The average molecular weight is 239 g/mol. The maximum absolute atomic E-state index is 11.6. The first kappa shape index (κ1) is 11.6. The van der Waals surface area contributed by atoms with Crippen molar-refractivity contribution < 1.29 is 9.21 Å². The molecular weight excluding hydrogens is 222 g/mol. The molecule has 1 aliphatic heterocycles. The van der Waals surface area contributed by atoms with Gasteiger partial charge < -0.3 is 9.32 Å². The summed E-state index contributed by atoms with van der Waals surface area (Å²) in [5.74, 6) is 1.22. The molecule has 4 heteroatoms. The second-order valence-electron chi connectivity index (χ2n) is 4.37. The van der Waals surface area contributed by atoms with Gasteiger partial charge in [-0.2, -0.15) is 12.6 Å². The minimum atomic E-state index is 0.207. The summed E-state index contributed by atoms with van der Waals surface area (Å²) < 4.78 is 5.28. The lowest BCUT2D eigenvalue weighted by Gasteiger charge is -2.24. The van der Waals surface area contributed by atoms with Crippen molar-refractivity contribution in [3.8, 4) is 0 Å². The highest BCUT2D eigenvalue weighted by molar-refractivity contribution is 7.81. The summed E-state index contributed by atoms with van der Waals surface area (Å²) in [4.78, 5) is 13.6. The predicted octanol–water partition coefficient (Wildman–Crippen LogP) is 2.13. The van der Waals surface area contributed by atoms with E-state index in [1.807, 2.05) is 17.0 Å². The van der Waals surface area contributed by atoms with E-state index in [-0.39, 0.29) is 17.2 Å². The van der Waals surface area contributed by atoms with E-state index in [2.05, 4.69) is 19.6 Å². The molecule has 2 atom stereocenters. The maximum atomic E-state index is 11.6. The standard InChI is InChI=1S/C12H17NO2S/c1-9(4-5-10-3-2-6-15-10)13-8-11(16)7-12(13)14/h2-3,6,9,11,16H,4-5,7-8H2,1H3. The van der Waals surface area contributed by atoms with Crippen LogP contribution < -0.4 is 0 Å². The number of amides is 1. The molecule has 2 rings (SSSR count). The van der Waals surface area contributed by atoms with E-state index in [1.165, 1.54) is 0 Å². The Morgan fingerprint density at radius 3 is 3.06 bits per heavy atom. The summed E-state index contributed by atoms with van der Waals surface area (Å²) in [6.07, 6.45) is 4.09. The Labute approximate surface area is 101 Å². The van der Waals surface area contributed by atoms with Gasteiger partial charge in [0.2, 0.25) is 5.91 Å². The zero-order chi connectivity index (χ0) is 11.5. The number of hydrogen-bond acceptors (Lipinski definition) is 3. The van der Waals surface area contributed by atoms with Gasteiger partial charge in [-0.25, -0.2) is 0 Å². The van der Waals surface area contributed by atoms with Crippen LogP contribution in [0.4, 0.5) is 0 Å². The smallest absolute Gasteiger partial charge is 0.224 e. The molecule has 16 heavy (non-hydrogen) atoms. The largest absolute Gasteiger partial charge is 0.469 e. The van der Waals surface area contributed by atoms with Gasteiger partial charge in [0.1, 0.15) is 5.76 Å². The zero-order valence-corrected chi connectivity index (χ0v) is 10.3. The van der Waals surface area contributed by atoms with Crippen LogP contribution in [-0.2, 0) is 11.2 Å². The van der Waals surface area contributed by atoms with Crippen molar-refractivity contribution in [3.63, 3.8) is 0 Å². The molecule has 0 N–H and O–H groups in total. The Hall–Kier alpha value is -0.900. The van der Waals surface area contributed by atoms with Crippen molar-refractivity contribution in [2.75, 3.05) is 6.54 Å². The van der Waals surface area contributed by atoms with Gasteiger partial charge in [0.15, 0.2) is 0 Å². The van der Waals surface area contributed by atoms with Gasteiger partial charge >= 0.3 is 0 Å². The summed E-state index contributed by atoms with van der Waals surface area (Å²) in [6, 6.07) is 4.14. The average Bonchev–Trinajstić information content (AvgIpc) is 2.84. The van der Waals surface area contributed by atoms with Gasteiger partial charge in [-0.1, -0.05) is 0 Å². The summed E-state index contributed by atoms with van der Waals surface area (Å²) in [6.45, 7) is 2.87. The van der Waals surface area contributed by atoms with E-state index in [1.54, 1.807) is 6.26 Å². The van der Waals surface area contributed by atoms with Crippen molar-refractivity contribution in [1.82, 2.24) is 4.90 Å². The molecule has 1 saturated heterocycles. The Kier molecular flexibility index (Phi) is 3.59. The van der Waals surface area contributed by atoms with Crippen LogP contribution in [0.3, 0.4) is 0 Å². The van der Waals surface area contributed by atoms with Crippen LogP contribution in [0.2, 0.25) is 0 Å². The number of hydrogen-bond donors (Lipinski definition) is 1. The number of thiol groups is 1.